The summed E-state index contributed by atoms with van der Waals surface area (Å²) in [6.07, 6.45) is -0.879. The molecule has 3 fully saturated rings. The number of carbonyl (C=O) groups excluding carboxylic acids is 2. The number of carbonyl (C=O) groups is 2. The molecule has 0 radical (unpaired) electrons. The maximum Gasteiger partial charge on any atom is 0.272 e. The number of hydrogen-bond acceptors (Lipinski definition) is 6. The molecule has 6 rings (SSSR count). The Morgan fingerprint density at radius 2 is 1.87 bits per heavy atom. The second-order valence-electron chi connectivity index (χ2n) is 10.4. The summed E-state index contributed by atoms with van der Waals surface area (Å²) in [6.45, 7) is -1.09. The van der Waals surface area contributed by atoms with Crippen molar-refractivity contribution < 1.29 is 31.5 Å². The van der Waals surface area contributed by atoms with E-state index in [-0.39, 0.29) is 44.1 Å². The molecule has 2 aromatic heterocycles. The fraction of sp³-hybridized carbons (Fsp3) is 0.440. The number of nitrogens with one attached hydrogen (secondary N) is 1. The fourth-order valence-corrected chi connectivity index (χ4v) is 5.28. The van der Waals surface area contributed by atoms with Gasteiger partial charge in [-0.25, -0.2) is 31.5 Å². The van der Waals surface area contributed by atoms with E-state index in [9.17, 15) is 31.5 Å². The van der Waals surface area contributed by atoms with Gasteiger partial charge in [-0.15, -0.1) is 0 Å². The van der Waals surface area contributed by atoms with Crippen molar-refractivity contribution in [3.05, 3.63) is 47.8 Å². The van der Waals surface area contributed by atoms with Crippen molar-refractivity contribution in [3.8, 4) is 11.3 Å². The molecule has 2 amide bonds. The van der Waals surface area contributed by atoms with Gasteiger partial charge < -0.3 is 16.0 Å². The summed E-state index contributed by atoms with van der Waals surface area (Å²) >= 11 is 0. The highest BCUT2D eigenvalue weighted by molar-refractivity contribution is 5.96. The molecule has 3 aliphatic rings. The molecule has 206 valence electrons. The number of nitrogens with zero attached hydrogens (tertiary/aromatic N) is 5. The van der Waals surface area contributed by atoms with Crippen molar-refractivity contribution in [3.63, 3.8) is 0 Å². The van der Waals surface area contributed by atoms with Crippen molar-refractivity contribution in [2.45, 2.75) is 37.0 Å². The topological polar surface area (TPSA) is 109 Å². The van der Waals surface area contributed by atoms with Crippen LogP contribution >= 0.6 is 0 Å². The molecule has 39 heavy (non-hydrogen) atoms. The summed E-state index contributed by atoms with van der Waals surface area (Å²) in [5.74, 6) is -8.44. The second-order valence-corrected chi connectivity index (χ2v) is 10.4. The predicted octanol–water partition coefficient (Wildman–Crippen LogP) is 2.36. The smallest absolute Gasteiger partial charge is 0.272 e. The standard InChI is InChI=1S/C25H24F5N7O2/c26-17-8-36(23(39)16-6-25(16,29)30)9-18(17)34-22(38)14-3-1-2-13(4-14)19-5-15(7-35-10-24(27,28)11-35)20-21(31)32-12-33-37(19)20/h1-5,12,16-18H,6-11H2,(H,34,38)(H2,31,32,33)/t16?,17-,18+/m0/s1. The number of hydrogen-bond donors (Lipinski definition) is 2. The van der Waals surface area contributed by atoms with Crippen molar-refractivity contribution in [2.24, 2.45) is 5.92 Å². The van der Waals surface area contributed by atoms with Crippen LogP contribution in [0.4, 0.5) is 27.8 Å². The van der Waals surface area contributed by atoms with E-state index >= 15 is 0 Å². The van der Waals surface area contributed by atoms with Crippen molar-refractivity contribution in [2.75, 3.05) is 31.9 Å². The lowest BCUT2D eigenvalue weighted by molar-refractivity contribution is -0.134. The number of aromatic nitrogens is 3. The van der Waals surface area contributed by atoms with E-state index in [0.29, 0.717) is 22.3 Å². The van der Waals surface area contributed by atoms with Crippen LogP contribution in [0.15, 0.2) is 36.7 Å². The van der Waals surface area contributed by atoms with Gasteiger partial charge in [0.2, 0.25) is 5.91 Å². The van der Waals surface area contributed by atoms with E-state index in [1.807, 2.05) is 0 Å². The Hall–Kier alpha value is -3.81. The van der Waals surface area contributed by atoms with Crippen LogP contribution in [0.5, 0.6) is 0 Å². The maximum atomic E-state index is 14.6. The average molecular weight is 550 g/mol. The van der Waals surface area contributed by atoms with Crippen molar-refractivity contribution in [1.29, 1.82) is 0 Å². The number of nitrogen functional groups attached to an aromatic ring is 1. The van der Waals surface area contributed by atoms with E-state index in [0.717, 1.165) is 4.90 Å². The van der Waals surface area contributed by atoms with Gasteiger partial charge in [0.15, 0.2) is 5.82 Å². The summed E-state index contributed by atoms with van der Waals surface area (Å²) in [6, 6.07) is 7.14. The number of alkyl halides is 5. The molecule has 1 saturated carbocycles. The molecule has 4 heterocycles. The van der Waals surface area contributed by atoms with Gasteiger partial charge in [0.25, 0.3) is 17.8 Å². The quantitative estimate of drug-likeness (QED) is 0.457. The zero-order chi connectivity index (χ0) is 27.7. The summed E-state index contributed by atoms with van der Waals surface area (Å²) in [5.41, 5.74) is 8.49. The molecule has 1 aromatic carbocycles. The van der Waals surface area contributed by atoms with Gasteiger partial charge in [-0.2, -0.15) is 5.10 Å². The highest BCUT2D eigenvalue weighted by Crippen LogP contribution is 2.49. The Kier molecular flexibility index (Phi) is 5.79. The Bertz CT molecular complexity index is 1470. The van der Waals surface area contributed by atoms with E-state index < -0.39 is 48.2 Å². The van der Waals surface area contributed by atoms with Gasteiger partial charge in [-0.3, -0.25) is 14.5 Å². The summed E-state index contributed by atoms with van der Waals surface area (Å²) in [7, 11) is 0. The third-order valence-electron chi connectivity index (χ3n) is 7.39. The SMILES string of the molecule is Nc1ncnn2c(-c3cccc(C(=O)N[C@@H]4CN(C(=O)C5CC5(F)F)C[C@@H]4F)c3)cc(CN3CC(F)(F)C3)c12. The number of benzene rings is 1. The minimum absolute atomic E-state index is 0.172. The minimum Gasteiger partial charge on any atom is -0.382 e. The molecular weight excluding hydrogens is 525 g/mol. The zero-order valence-electron chi connectivity index (χ0n) is 20.5. The fourth-order valence-electron chi connectivity index (χ4n) is 5.28. The maximum absolute atomic E-state index is 14.6. The number of halogens is 5. The highest BCUT2D eigenvalue weighted by atomic mass is 19.3. The van der Waals surface area contributed by atoms with Crippen LogP contribution in [0.25, 0.3) is 16.8 Å². The molecule has 1 unspecified atom stereocenters. The van der Waals surface area contributed by atoms with Crippen LogP contribution in [-0.2, 0) is 11.3 Å². The van der Waals surface area contributed by atoms with E-state index in [1.165, 1.54) is 16.9 Å². The molecule has 3 atom stereocenters. The first-order chi connectivity index (χ1) is 18.4. The lowest BCUT2D eigenvalue weighted by Crippen LogP contribution is -2.55. The van der Waals surface area contributed by atoms with E-state index in [2.05, 4.69) is 15.4 Å². The number of nitrogens with two attached hydrogens (primary N) is 1. The summed E-state index contributed by atoms with van der Waals surface area (Å²) in [5, 5.41) is 6.82. The monoisotopic (exact) mass is 549 g/mol. The Morgan fingerprint density at radius 3 is 2.56 bits per heavy atom. The third kappa shape index (κ3) is 4.66. The van der Waals surface area contributed by atoms with Crippen molar-refractivity contribution >= 4 is 23.1 Å². The lowest BCUT2D eigenvalue weighted by Gasteiger charge is -2.38. The molecule has 2 saturated heterocycles. The summed E-state index contributed by atoms with van der Waals surface area (Å²) < 4.78 is 69.4. The van der Waals surface area contributed by atoms with Crippen LogP contribution in [0, 0.1) is 5.92 Å². The van der Waals surface area contributed by atoms with Gasteiger partial charge in [0.05, 0.1) is 31.4 Å². The number of fused-ring (bicyclic) bond motifs is 1. The molecule has 1 aliphatic carbocycles. The molecule has 9 nitrogen and oxygen atoms in total. The summed E-state index contributed by atoms with van der Waals surface area (Å²) in [4.78, 5) is 31.9. The molecular formula is C25H24F5N7O2. The third-order valence-corrected chi connectivity index (χ3v) is 7.39. The Balaban J connectivity index is 1.21. The zero-order valence-corrected chi connectivity index (χ0v) is 20.5. The Labute approximate surface area is 218 Å². The average Bonchev–Trinajstić information content (AvgIpc) is 3.16. The van der Waals surface area contributed by atoms with Gasteiger partial charge in [0, 0.05) is 30.6 Å². The number of anilines is 1. The second kappa shape index (κ2) is 8.86. The largest absolute Gasteiger partial charge is 0.382 e. The molecule has 2 aliphatic heterocycles. The molecule has 3 N–H and O–H groups in total. The predicted molar refractivity (Wildman–Crippen MR) is 129 cm³/mol. The van der Waals surface area contributed by atoms with Gasteiger partial charge in [-0.1, -0.05) is 12.1 Å². The molecule has 0 spiro atoms. The lowest BCUT2D eigenvalue weighted by atomic mass is 10.1. The van der Waals surface area contributed by atoms with Gasteiger partial charge >= 0.3 is 0 Å². The molecule has 3 aromatic rings. The van der Waals surface area contributed by atoms with Gasteiger partial charge in [0.1, 0.15) is 23.9 Å². The first kappa shape index (κ1) is 25.5. The van der Waals surface area contributed by atoms with Crippen LogP contribution in [0.1, 0.15) is 22.3 Å². The molecule has 0 bridgehead atoms. The van der Waals surface area contributed by atoms with Crippen LogP contribution in [0.3, 0.4) is 0 Å². The highest BCUT2D eigenvalue weighted by Gasteiger charge is 2.63. The minimum atomic E-state index is -3.05. The van der Waals surface area contributed by atoms with Gasteiger partial charge in [-0.05, 0) is 23.8 Å². The normalized spacial score (nSPS) is 25.5. The Morgan fingerprint density at radius 1 is 1.13 bits per heavy atom. The van der Waals surface area contributed by atoms with Crippen LogP contribution in [-0.4, -0.2) is 86.4 Å². The van der Waals surface area contributed by atoms with E-state index in [1.54, 1.807) is 29.2 Å². The first-order valence-corrected chi connectivity index (χ1v) is 12.4. The number of amides is 2. The first-order valence-electron chi connectivity index (χ1n) is 12.4. The van der Waals surface area contributed by atoms with Crippen molar-refractivity contribution in [1.82, 2.24) is 29.7 Å². The number of rotatable bonds is 6. The van der Waals surface area contributed by atoms with Crippen LogP contribution in [0.2, 0.25) is 0 Å². The molecule has 14 heteroatoms. The van der Waals surface area contributed by atoms with Crippen LogP contribution < -0.4 is 11.1 Å². The van der Waals surface area contributed by atoms with E-state index in [4.69, 9.17) is 5.73 Å². The number of likely N-dealkylation sites (tertiary alicyclic amines) is 2.